The van der Waals surface area contributed by atoms with Gasteiger partial charge in [-0.2, -0.15) is 0 Å². The highest BCUT2D eigenvalue weighted by Crippen LogP contribution is 2.13. The Kier molecular flexibility index (Phi) is 3.97. The summed E-state index contributed by atoms with van der Waals surface area (Å²) in [5.74, 6) is 0.796. The maximum atomic E-state index is 10.8. The first kappa shape index (κ1) is 12.2. The fourth-order valence-corrected chi connectivity index (χ4v) is 1.60. The Morgan fingerprint density at radius 3 is 2.33 bits per heavy atom. The molecule has 0 aliphatic heterocycles. The van der Waals surface area contributed by atoms with Crippen LogP contribution in [0.5, 0.6) is 5.75 Å². The summed E-state index contributed by atoms with van der Waals surface area (Å²) in [6, 6.07) is 17.4. The van der Waals surface area contributed by atoms with Crippen LogP contribution in [0.1, 0.15) is 11.1 Å². The van der Waals surface area contributed by atoms with Crippen molar-refractivity contribution in [1.29, 1.82) is 0 Å². The van der Waals surface area contributed by atoms with E-state index in [9.17, 15) is 5.21 Å². The summed E-state index contributed by atoms with van der Waals surface area (Å²) < 4.78 is 6.42. The van der Waals surface area contributed by atoms with Crippen LogP contribution in [0.25, 0.3) is 0 Å². The second kappa shape index (κ2) is 5.87. The van der Waals surface area contributed by atoms with E-state index in [0.29, 0.717) is 6.61 Å². The number of benzene rings is 2. The van der Waals surface area contributed by atoms with Gasteiger partial charge in [-0.15, -0.1) is 0 Å². The molecule has 0 heterocycles. The monoisotopic (exact) mass is 241 g/mol. The fourth-order valence-electron chi connectivity index (χ4n) is 1.60. The van der Waals surface area contributed by atoms with Gasteiger partial charge in [-0.1, -0.05) is 30.3 Å². The molecule has 0 N–H and O–H groups in total. The average molecular weight is 241 g/mol. The minimum atomic E-state index is 0.547. The number of ether oxygens (including phenoxy) is 1. The summed E-state index contributed by atoms with van der Waals surface area (Å²) in [5, 5.41) is 10.8. The lowest BCUT2D eigenvalue weighted by Gasteiger charge is -2.06. The predicted octanol–water partition coefficient (Wildman–Crippen LogP) is 2.82. The summed E-state index contributed by atoms with van der Waals surface area (Å²) in [5.41, 5.74) is 1.99. The number of hydrogen-bond donors (Lipinski definition) is 0. The zero-order valence-electron chi connectivity index (χ0n) is 10.2. The maximum Gasteiger partial charge on any atom is 0.181 e. The van der Waals surface area contributed by atoms with Crippen molar-refractivity contribution in [2.24, 2.45) is 0 Å². The highest BCUT2D eigenvalue weighted by atomic mass is 16.5. The minimum absolute atomic E-state index is 0.547. The van der Waals surface area contributed by atoms with E-state index >= 15 is 0 Å². The molecule has 0 saturated heterocycles. The maximum absolute atomic E-state index is 10.8. The predicted molar refractivity (Wildman–Crippen MR) is 71.9 cm³/mol. The van der Waals surface area contributed by atoms with Crippen molar-refractivity contribution < 1.29 is 9.48 Å². The third-order valence-corrected chi connectivity index (χ3v) is 2.46. The van der Waals surface area contributed by atoms with Gasteiger partial charge >= 0.3 is 0 Å². The highest BCUT2D eigenvalue weighted by Gasteiger charge is 1.97. The highest BCUT2D eigenvalue weighted by molar-refractivity contribution is 5.75. The van der Waals surface area contributed by atoms with Crippen molar-refractivity contribution in [2.75, 3.05) is 7.05 Å². The molecule has 2 aromatic rings. The second-order valence-corrected chi connectivity index (χ2v) is 4.02. The molecule has 0 saturated carbocycles. The lowest BCUT2D eigenvalue weighted by Crippen LogP contribution is -1.98. The Balaban J connectivity index is 1.97. The van der Waals surface area contributed by atoms with E-state index in [1.807, 2.05) is 54.6 Å². The molecule has 0 aliphatic rings. The van der Waals surface area contributed by atoms with E-state index < -0.39 is 0 Å². The largest absolute Gasteiger partial charge is 0.624 e. The molecule has 0 amide bonds. The van der Waals surface area contributed by atoms with Gasteiger partial charge < -0.3 is 9.94 Å². The van der Waals surface area contributed by atoms with Gasteiger partial charge in [-0.05, 0) is 29.8 Å². The fraction of sp³-hybridized carbons (Fsp3) is 0.133. The van der Waals surface area contributed by atoms with Gasteiger partial charge in [0.1, 0.15) is 19.4 Å². The van der Waals surface area contributed by atoms with Crippen molar-refractivity contribution in [3.63, 3.8) is 0 Å². The van der Waals surface area contributed by atoms with E-state index in [-0.39, 0.29) is 0 Å². The SMILES string of the molecule is C[N+]([O-])=Cc1ccc(OCc2ccccc2)cc1. The molecular formula is C15H15NO2. The summed E-state index contributed by atoms with van der Waals surface area (Å²) in [6.07, 6.45) is 1.51. The minimum Gasteiger partial charge on any atom is -0.624 e. The van der Waals surface area contributed by atoms with Crippen molar-refractivity contribution in [3.8, 4) is 5.75 Å². The van der Waals surface area contributed by atoms with E-state index in [4.69, 9.17) is 4.74 Å². The third kappa shape index (κ3) is 3.63. The van der Waals surface area contributed by atoms with E-state index in [0.717, 1.165) is 21.6 Å². The summed E-state index contributed by atoms with van der Waals surface area (Å²) in [6.45, 7) is 0.547. The molecule has 18 heavy (non-hydrogen) atoms. The van der Waals surface area contributed by atoms with Gasteiger partial charge in [0, 0.05) is 5.56 Å². The molecule has 0 bridgehead atoms. The molecular weight excluding hydrogens is 226 g/mol. The molecule has 0 aliphatic carbocycles. The Hall–Kier alpha value is -2.29. The zero-order chi connectivity index (χ0) is 12.8. The van der Waals surface area contributed by atoms with Crippen LogP contribution in [0.3, 0.4) is 0 Å². The van der Waals surface area contributed by atoms with Crippen LogP contribution in [0.2, 0.25) is 0 Å². The topological polar surface area (TPSA) is 35.3 Å². The van der Waals surface area contributed by atoms with Crippen molar-refractivity contribution >= 4 is 6.21 Å². The smallest absolute Gasteiger partial charge is 0.181 e. The van der Waals surface area contributed by atoms with Crippen LogP contribution in [-0.2, 0) is 6.61 Å². The lowest BCUT2D eigenvalue weighted by molar-refractivity contribution is -0.416. The average Bonchev–Trinajstić information content (AvgIpc) is 2.38. The molecule has 2 aromatic carbocycles. The summed E-state index contributed by atoms with van der Waals surface area (Å²) in [7, 11) is 1.46. The Morgan fingerprint density at radius 2 is 1.72 bits per heavy atom. The summed E-state index contributed by atoms with van der Waals surface area (Å²) >= 11 is 0. The number of rotatable bonds is 4. The Bertz CT molecular complexity index is 514. The molecule has 0 radical (unpaired) electrons. The molecule has 0 aromatic heterocycles. The Labute approximate surface area is 107 Å². The standard InChI is InChI=1S/C15H15NO2/c1-16(17)11-13-7-9-15(10-8-13)18-12-14-5-3-2-4-6-14/h2-11H,12H2,1H3. The first-order valence-corrected chi connectivity index (χ1v) is 5.76. The van der Waals surface area contributed by atoms with Crippen LogP contribution in [0.4, 0.5) is 0 Å². The van der Waals surface area contributed by atoms with Crippen LogP contribution < -0.4 is 4.74 Å². The normalized spacial score (nSPS) is 11.3. The number of hydrogen-bond acceptors (Lipinski definition) is 2. The molecule has 3 heteroatoms. The van der Waals surface area contributed by atoms with Gasteiger partial charge in [0.25, 0.3) is 0 Å². The van der Waals surface area contributed by atoms with Crippen molar-refractivity contribution in [2.45, 2.75) is 6.61 Å². The quantitative estimate of drug-likeness (QED) is 0.357. The van der Waals surface area contributed by atoms with Crippen LogP contribution in [0.15, 0.2) is 54.6 Å². The first-order chi connectivity index (χ1) is 8.74. The molecule has 92 valence electrons. The Morgan fingerprint density at radius 1 is 1.06 bits per heavy atom. The molecule has 0 unspecified atom stereocenters. The van der Waals surface area contributed by atoms with Gasteiger partial charge in [-0.25, -0.2) is 4.74 Å². The van der Waals surface area contributed by atoms with E-state index in [1.54, 1.807) is 0 Å². The zero-order valence-corrected chi connectivity index (χ0v) is 10.2. The second-order valence-electron chi connectivity index (χ2n) is 4.02. The lowest BCUT2D eigenvalue weighted by atomic mass is 10.2. The molecule has 2 rings (SSSR count). The summed E-state index contributed by atoms with van der Waals surface area (Å²) in [4.78, 5) is 0. The van der Waals surface area contributed by atoms with E-state index in [1.165, 1.54) is 13.3 Å². The van der Waals surface area contributed by atoms with Crippen molar-refractivity contribution in [1.82, 2.24) is 0 Å². The van der Waals surface area contributed by atoms with Gasteiger partial charge in [-0.3, -0.25) is 0 Å². The molecule has 3 nitrogen and oxygen atoms in total. The van der Waals surface area contributed by atoms with Gasteiger partial charge in [0.05, 0.1) is 0 Å². The van der Waals surface area contributed by atoms with E-state index in [2.05, 4.69) is 0 Å². The van der Waals surface area contributed by atoms with Crippen LogP contribution >= 0.6 is 0 Å². The van der Waals surface area contributed by atoms with Gasteiger partial charge in [0.15, 0.2) is 6.21 Å². The molecule has 0 spiro atoms. The van der Waals surface area contributed by atoms with Crippen LogP contribution in [-0.4, -0.2) is 18.0 Å². The first-order valence-electron chi connectivity index (χ1n) is 5.76. The molecule has 0 fully saturated rings. The molecule has 0 atom stereocenters. The number of nitrogens with zero attached hydrogens (tertiary/aromatic N) is 1. The number of hydroxylamine groups is 1. The third-order valence-electron chi connectivity index (χ3n) is 2.46. The van der Waals surface area contributed by atoms with Crippen molar-refractivity contribution in [3.05, 3.63) is 70.9 Å². The van der Waals surface area contributed by atoms with Crippen LogP contribution in [0, 0.1) is 5.21 Å². The van der Waals surface area contributed by atoms with Gasteiger partial charge in [0.2, 0.25) is 0 Å².